The Morgan fingerprint density at radius 3 is 2.38 bits per heavy atom. The van der Waals surface area contributed by atoms with Crippen molar-refractivity contribution >= 4 is 23.4 Å². The number of nitrogens with zero attached hydrogens (tertiary/aromatic N) is 2. The number of para-hydroxylation sites is 1. The van der Waals surface area contributed by atoms with E-state index in [-0.39, 0.29) is 24.2 Å². The molecule has 1 aliphatic rings. The van der Waals surface area contributed by atoms with Crippen LogP contribution in [-0.2, 0) is 4.79 Å². The Morgan fingerprint density at radius 1 is 1.00 bits per heavy atom. The van der Waals surface area contributed by atoms with E-state index >= 15 is 0 Å². The van der Waals surface area contributed by atoms with E-state index in [9.17, 15) is 14.0 Å². The van der Waals surface area contributed by atoms with Crippen molar-refractivity contribution in [3.8, 4) is 5.75 Å². The monoisotopic (exact) mass is 376 g/mol. The molecule has 26 heavy (non-hydrogen) atoms. The Morgan fingerprint density at radius 2 is 1.69 bits per heavy atom. The van der Waals surface area contributed by atoms with E-state index < -0.39 is 5.82 Å². The van der Waals surface area contributed by atoms with Gasteiger partial charge in [0.05, 0.1) is 0 Å². The molecular formula is C19H18ClFN2O3. The van der Waals surface area contributed by atoms with Crippen molar-refractivity contribution in [2.45, 2.75) is 0 Å². The fourth-order valence-electron chi connectivity index (χ4n) is 2.76. The largest absolute Gasteiger partial charge is 0.481 e. The maximum Gasteiger partial charge on any atom is 0.260 e. The van der Waals surface area contributed by atoms with Gasteiger partial charge in [-0.1, -0.05) is 29.8 Å². The molecule has 136 valence electrons. The zero-order valence-corrected chi connectivity index (χ0v) is 14.8. The predicted molar refractivity (Wildman–Crippen MR) is 95.8 cm³/mol. The Bertz CT molecular complexity index is 807. The molecule has 2 aromatic rings. The lowest BCUT2D eigenvalue weighted by Gasteiger charge is -2.34. The molecular weight excluding hydrogens is 359 g/mol. The first-order valence-electron chi connectivity index (χ1n) is 8.24. The van der Waals surface area contributed by atoms with Crippen LogP contribution in [0.2, 0.25) is 5.02 Å². The topological polar surface area (TPSA) is 49.9 Å². The molecule has 0 atom stereocenters. The second-order valence-electron chi connectivity index (χ2n) is 5.90. The van der Waals surface area contributed by atoms with Crippen molar-refractivity contribution in [1.82, 2.24) is 9.80 Å². The number of amides is 2. The van der Waals surface area contributed by atoms with Gasteiger partial charge in [0.2, 0.25) is 0 Å². The highest BCUT2D eigenvalue weighted by Gasteiger charge is 2.25. The number of carbonyl (C=O) groups is 2. The minimum absolute atomic E-state index is 0.0515. The van der Waals surface area contributed by atoms with Crippen molar-refractivity contribution in [2.24, 2.45) is 0 Å². The molecule has 0 aromatic heterocycles. The molecule has 0 unspecified atom stereocenters. The van der Waals surface area contributed by atoms with Gasteiger partial charge in [-0.3, -0.25) is 9.59 Å². The molecule has 5 nitrogen and oxygen atoms in total. The molecule has 0 spiro atoms. The summed E-state index contributed by atoms with van der Waals surface area (Å²) in [6.07, 6.45) is 0. The molecule has 7 heteroatoms. The van der Waals surface area contributed by atoms with E-state index in [2.05, 4.69) is 0 Å². The van der Waals surface area contributed by atoms with Gasteiger partial charge in [-0.15, -0.1) is 0 Å². The SMILES string of the molecule is O=C(COc1ccccc1F)N1CCN(C(=O)c2cccc(Cl)c2)CC1. The van der Waals surface area contributed by atoms with Gasteiger partial charge in [-0.2, -0.15) is 0 Å². The third-order valence-corrected chi connectivity index (χ3v) is 4.41. The van der Waals surface area contributed by atoms with Gasteiger partial charge in [0.15, 0.2) is 18.2 Å². The Labute approximate surface area is 155 Å². The number of benzene rings is 2. The summed E-state index contributed by atoms with van der Waals surface area (Å²) < 4.78 is 18.8. The Balaban J connectivity index is 1.51. The van der Waals surface area contributed by atoms with Gasteiger partial charge in [0.25, 0.3) is 11.8 Å². The lowest BCUT2D eigenvalue weighted by Crippen LogP contribution is -2.51. The highest BCUT2D eigenvalue weighted by Crippen LogP contribution is 2.16. The lowest BCUT2D eigenvalue weighted by atomic mass is 10.2. The van der Waals surface area contributed by atoms with Gasteiger partial charge >= 0.3 is 0 Å². The zero-order valence-electron chi connectivity index (χ0n) is 14.0. The number of piperazine rings is 1. The van der Waals surface area contributed by atoms with Crippen molar-refractivity contribution < 1.29 is 18.7 Å². The third kappa shape index (κ3) is 4.32. The van der Waals surface area contributed by atoms with E-state index in [4.69, 9.17) is 16.3 Å². The van der Waals surface area contributed by atoms with E-state index in [0.29, 0.717) is 36.8 Å². The molecule has 1 aliphatic heterocycles. The smallest absolute Gasteiger partial charge is 0.260 e. The van der Waals surface area contributed by atoms with Crippen LogP contribution in [0.1, 0.15) is 10.4 Å². The summed E-state index contributed by atoms with van der Waals surface area (Å²) in [6.45, 7) is 1.44. The van der Waals surface area contributed by atoms with Crippen LogP contribution in [0.15, 0.2) is 48.5 Å². The average molecular weight is 377 g/mol. The minimum Gasteiger partial charge on any atom is -0.481 e. The summed E-state index contributed by atoms with van der Waals surface area (Å²) in [7, 11) is 0. The van der Waals surface area contributed by atoms with Crippen LogP contribution >= 0.6 is 11.6 Å². The quantitative estimate of drug-likeness (QED) is 0.824. The first kappa shape index (κ1) is 18.2. The molecule has 2 aromatic carbocycles. The molecule has 0 N–H and O–H groups in total. The second kappa shape index (κ2) is 8.19. The van der Waals surface area contributed by atoms with Crippen LogP contribution in [0.4, 0.5) is 4.39 Å². The fourth-order valence-corrected chi connectivity index (χ4v) is 2.95. The fraction of sp³-hybridized carbons (Fsp3) is 0.263. The second-order valence-corrected chi connectivity index (χ2v) is 6.34. The molecule has 0 bridgehead atoms. The normalized spacial score (nSPS) is 14.2. The number of hydrogen-bond donors (Lipinski definition) is 0. The number of halogens is 2. The van der Waals surface area contributed by atoms with Crippen LogP contribution in [0, 0.1) is 5.82 Å². The lowest BCUT2D eigenvalue weighted by molar-refractivity contribution is -0.134. The van der Waals surface area contributed by atoms with Crippen LogP contribution in [-0.4, -0.2) is 54.4 Å². The molecule has 0 saturated carbocycles. The van der Waals surface area contributed by atoms with Crippen LogP contribution in [0.25, 0.3) is 0 Å². The number of ether oxygens (including phenoxy) is 1. The molecule has 1 fully saturated rings. The van der Waals surface area contributed by atoms with Gasteiger partial charge < -0.3 is 14.5 Å². The zero-order chi connectivity index (χ0) is 18.5. The van der Waals surface area contributed by atoms with Crippen molar-refractivity contribution in [2.75, 3.05) is 32.8 Å². The summed E-state index contributed by atoms with van der Waals surface area (Å²) in [6, 6.07) is 12.7. The Hall–Kier alpha value is -2.60. The van der Waals surface area contributed by atoms with Gasteiger partial charge in [0.1, 0.15) is 0 Å². The first-order chi connectivity index (χ1) is 12.5. The molecule has 0 aliphatic carbocycles. The molecule has 1 heterocycles. The van der Waals surface area contributed by atoms with Crippen molar-refractivity contribution in [1.29, 1.82) is 0 Å². The summed E-state index contributed by atoms with van der Waals surface area (Å²) in [5.74, 6) is -0.793. The van der Waals surface area contributed by atoms with Crippen LogP contribution in [0.5, 0.6) is 5.75 Å². The molecule has 2 amide bonds. The molecule has 1 saturated heterocycles. The number of hydrogen-bond acceptors (Lipinski definition) is 3. The third-order valence-electron chi connectivity index (χ3n) is 4.18. The van der Waals surface area contributed by atoms with Crippen LogP contribution < -0.4 is 4.74 Å². The van der Waals surface area contributed by atoms with Gasteiger partial charge in [0, 0.05) is 36.8 Å². The number of rotatable bonds is 4. The average Bonchev–Trinajstić information content (AvgIpc) is 2.66. The minimum atomic E-state index is -0.503. The van der Waals surface area contributed by atoms with E-state index in [1.54, 1.807) is 46.2 Å². The molecule has 0 radical (unpaired) electrons. The highest BCUT2D eigenvalue weighted by molar-refractivity contribution is 6.30. The predicted octanol–water partition coefficient (Wildman–Crippen LogP) is 2.84. The standard InChI is InChI=1S/C19H18ClFN2O3/c20-15-5-3-4-14(12-15)19(25)23-10-8-22(9-11-23)18(24)13-26-17-7-2-1-6-16(17)21/h1-7,12H,8-11,13H2. The summed E-state index contributed by atoms with van der Waals surface area (Å²) in [4.78, 5) is 28.0. The van der Waals surface area contributed by atoms with Gasteiger partial charge in [-0.25, -0.2) is 4.39 Å². The maximum absolute atomic E-state index is 13.5. The van der Waals surface area contributed by atoms with Crippen LogP contribution in [0.3, 0.4) is 0 Å². The summed E-state index contributed by atoms with van der Waals surface area (Å²) in [5, 5.41) is 0.509. The van der Waals surface area contributed by atoms with E-state index in [1.807, 2.05) is 0 Å². The van der Waals surface area contributed by atoms with Crippen molar-refractivity contribution in [3.63, 3.8) is 0 Å². The van der Waals surface area contributed by atoms with Crippen molar-refractivity contribution in [3.05, 3.63) is 64.9 Å². The maximum atomic E-state index is 13.5. The first-order valence-corrected chi connectivity index (χ1v) is 8.62. The van der Waals surface area contributed by atoms with E-state index in [0.717, 1.165) is 0 Å². The van der Waals surface area contributed by atoms with E-state index in [1.165, 1.54) is 12.1 Å². The summed E-state index contributed by atoms with van der Waals surface area (Å²) >= 11 is 5.92. The Kier molecular flexibility index (Phi) is 5.73. The molecule has 3 rings (SSSR count). The number of carbonyl (C=O) groups excluding carboxylic acids is 2. The van der Waals surface area contributed by atoms with Gasteiger partial charge in [-0.05, 0) is 30.3 Å². The summed E-state index contributed by atoms with van der Waals surface area (Å²) in [5.41, 5.74) is 0.528. The highest BCUT2D eigenvalue weighted by atomic mass is 35.5.